The number of methoxy groups -OCH3 is 1. The van der Waals surface area contributed by atoms with Gasteiger partial charge in [0.1, 0.15) is 5.75 Å². The van der Waals surface area contributed by atoms with Crippen LogP contribution in [0.15, 0.2) is 18.2 Å². The van der Waals surface area contributed by atoms with Gasteiger partial charge in [0, 0.05) is 0 Å². The summed E-state index contributed by atoms with van der Waals surface area (Å²) in [6, 6.07) is 3.68. The normalized spacial score (nSPS) is 10.6. The minimum atomic E-state index is -4.93. The molecule has 1 nitrogen and oxygen atoms in total. The number of halogens is 3. The van der Waals surface area contributed by atoms with E-state index in [2.05, 4.69) is 0 Å². The summed E-state index contributed by atoms with van der Waals surface area (Å²) in [6.45, 7) is -3.32. The zero-order valence-corrected chi connectivity index (χ0v) is 11.5. The van der Waals surface area contributed by atoms with Crippen molar-refractivity contribution in [2.75, 3.05) is 7.11 Å². The molecule has 0 unspecified atom stereocenters. The Bertz CT molecular complexity index is 314. The van der Waals surface area contributed by atoms with Gasteiger partial charge in [-0.25, -0.2) is 0 Å². The van der Waals surface area contributed by atoms with E-state index in [0.717, 1.165) is 12.1 Å². The van der Waals surface area contributed by atoms with Crippen molar-refractivity contribution < 1.29 is 69.1 Å². The minimum absolute atomic E-state index is 0. The molecule has 1 rings (SSSR count). The third-order valence-electron chi connectivity index (χ3n) is 1.69. The third-order valence-corrected chi connectivity index (χ3v) is 1.69. The Balaban J connectivity index is 0.00000169. The molecule has 1 aromatic rings. The molecule has 14 heavy (non-hydrogen) atoms. The minimum Gasteiger partial charge on any atom is -0.497 e. The molecule has 0 aliphatic rings. The van der Waals surface area contributed by atoms with E-state index in [1.165, 1.54) is 7.11 Å². The van der Waals surface area contributed by atoms with E-state index in [9.17, 15) is 12.9 Å². The van der Waals surface area contributed by atoms with E-state index in [1.807, 2.05) is 0 Å². The summed E-state index contributed by atoms with van der Waals surface area (Å²) < 4.78 is 41.6. The molecule has 0 atom stereocenters. The molecule has 0 spiro atoms. The molecular formula is C8H9BF3KO. The molecule has 0 aromatic heterocycles. The van der Waals surface area contributed by atoms with E-state index < -0.39 is 12.4 Å². The quantitative estimate of drug-likeness (QED) is 0.594. The molecule has 0 N–H and O–H groups in total. The first-order chi connectivity index (χ1) is 5.93. The fourth-order valence-corrected chi connectivity index (χ4v) is 1.08. The van der Waals surface area contributed by atoms with Crippen molar-refractivity contribution in [1.82, 2.24) is 0 Å². The molecule has 72 valence electrons. The standard InChI is InChI=1S/C8H9BF3O.K/c1-6-3-7(9(10,11)12)5-8(4-6)13-2;/h3-5H,1-2H3;/q-1;+1. The smallest absolute Gasteiger partial charge is 0.497 e. The summed E-state index contributed by atoms with van der Waals surface area (Å²) in [5, 5.41) is 0. The molecule has 0 amide bonds. The van der Waals surface area contributed by atoms with Crippen molar-refractivity contribution in [2.24, 2.45) is 0 Å². The van der Waals surface area contributed by atoms with Crippen LogP contribution >= 0.6 is 0 Å². The van der Waals surface area contributed by atoms with Crippen LogP contribution in [0.1, 0.15) is 5.56 Å². The Labute approximate surface area is 123 Å². The van der Waals surface area contributed by atoms with Gasteiger partial charge in [0.25, 0.3) is 0 Å². The maximum absolute atomic E-state index is 12.3. The second-order valence-electron chi connectivity index (χ2n) is 2.86. The van der Waals surface area contributed by atoms with E-state index in [1.54, 1.807) is 13.0 Å². The maximum Gasteiger partial charge on any atom is 1.00 e. The monoisotopic (exact) mass is 228 g/mol. The van der Waals surface area contributed by atoms with Crippen molar-refractivity contribution in [3.05, 3.63) is 23.8 Å². The number of hydrogen-bond donors (Lipinski definition) is 0. The van der Waals surface area contributed by atoms with E-state index >= 15 is 0 Å². The zero-order valence-electron chi connectivity index (χ0n) is 8.35. The van der Waals surface area contributed by atoms with Gasteiger partial charge in [0.15, 0.2) is 0 Å². The van der Waals surface area contributed by atoms with Crippen LogP contribution in [0.4, 0.5) is 12.9 Å². The maximum atomic E-state index is 12.3. The summed E-state index contributed by atoms with van der Waals surface area (Å²) >= 11 is 0. The summed E-state index contributed by atoms with van der Waals surface area (Å²) in [5.74, 6) is 0.245. The average Bonchev–Trinajstić information content (AvgIpc) is 2.01. The topological polar surface area (TPSA) is 9.23 Å². The number of hydrogen-bond acceptors (Lipinski definition) is 1. The number of ether oxygens (including phenoxy) is 1. The predicted molar refractivity (Wildman–Crippen MR) is 46.4 cm³/mol. The molecule has 0 saturated heterocycles. The fraction of sp³-hybridized carbons (Fsp3) is 0.250. The molecule has 0 aliphatic heterocycles. The predicted octanol–water partition coefficient (Wildman–Crippen LogP) is -0.938. The first kappa shape index (κ1) is 14.5. The summed E-state index contributed by atoms with van der Waals surface area (Å²) in [6.07, 6.45) is 0. The third kappa shape index (κ3) is 3.94. The molecule has 0 fully saturated rings. The molecular weight excluding hydrogens is 219 g/mol. The van der Waals surface area contributed by atoms with Crippen molar-refractivity contribution in [1.29, 1.82) is 0 Å². The average molecular weight is 228 g/mol. The Morgan fingerprint density at radius 3 is 2.14 bits per heavy atom. The second kappa shape index (κ2) is 5.56. The van der Waals surface area contributed by atoms with Gasteiger partial charge in [-0.2, -0.15) is 0 Å². The Kier molecular flexibility index (Phi) is 5.76. The summed E-state index contributed by atoms with van der Waals surface area (Å²) in [4.78, 5) is 0. The van der Waals surface area contributed by atoms with Gasteiger partial charge in [-0.15, -0.1) is 5.46 Å². The Hall–Kier alpha value is 0.511. The van der Waals surface area contributed by atoms with Crippen LogP contribution in [-0.2, 0) is 0 Å². The van der Waals surface area contributed by atoms with Crippen LogP contribution in [0.2, 0.25) is 0 Å². The Morgan fingerprint density at radius 1 is 1.14 bits per heavy atom. The summed E-state index contributed by atoms with van der Waals surface area (Å²) in [7, 11) is 1.35. The van der Waals surface area contributed by atoms with Crippen molar-refractivity contribution in [3.8, 4) is 5.75 Å². The van der Waals surface area contributed by atoms with Gasteiger partial charge in [0.05, 0.1) is 7.11 Å². The molecule has 0 radical (unpaired) electrons. The van der Waals surface area contributed by atoms with Crippen LogP contribution in [0.5, 0.6) is 5.75 Å². The molecule has 0 saturated carbocycles. The van der Waals surface area contributed by atoms with Crippen LogP contribution < -0.4 is 61.6 Å². The zero-order chi connectivity index (χ0) is 10.1. The molecule has 1 aromatic carbocycles. The first-order valence-electron chi connectivity index (χ1n) is 3.79. The number of aryl methyl sites for hydroxylation is 1. The number of benzene rings is 1. The fourth-order valence-electron chi connectivity index (χ4n) is 1.08. The number of rotatable bonds is 2. The van der Waals surface area contributed by atoms with Crippen LogP contribution in [0.25, 0.3) is 0 Å². The van der Waals surface area contributed by atoms with Crippen LogP contribution in [0, 0.1) is 6.92 Å². The van der Waals surface area contributed by atoms with E-state index in [4.69, 9.17) is 4.74 Å². The SMILES string of the molecule is COc1cc(C)cc([B-](F)(F)F)c1.[K+]. The van der Waals surface area contributed by atoms with Gasteiger partial charge in [-0.3, -0.25) is 0 Å². The van der Waals surface area contributed by atoms with E-state index in [0.29, 0.717) is 5.56 Å². The summed E-state index contributed by atoms with van der Waals surface area (Å²) in [5.41, 5.74) is -0.0644. The van der Waals surface area contributed by atoms with Gasteiger partial charge in [-0.05, 0) is 19.1 Å². The molecule has 0 heterocycles. The van der Waals surface area contributed by atoms with Crippen molar-refractivity contribution in [3.63, 3.8) is 0 Å². The van der Waals surface area contributed by atoms with Gasteiger partial charge in [-0.1, -0.05) is 11.6 Å². The second-order valence-corrected chi connectivity index (χ2v) is 2.86. The van der Waals surface area contributed by atoms with Gasteiger partial charge >= 0.3 is 58.4 Å². The van der Waals surface area contributed by atoms with Gasteiger partial charge < -0.3 is 17.7 Å². The Morgan fingerprint density at radius 2 is 1.71 bits per heavy atom. The van der Waals surface area contributed by atoms with Gasteiger partial charge in [0.2, 0.25) is 0 Å². The molecule has 0 bridgehead atoms. The largest absolute Gasteiger partial charge is 1.00 e. The first-order valence-corrected chi connectivity index (χ1v) is 3.79. The van der Waals surface area contributed by atoms with E-state index in [-0.39, 0.29) is 57.1 Å². The van der Waals surface area contributed by atoms with Crippen molar-refractivity contribution >= 4 is 12.4 Å². The van der Waals surface area contributed by atoms with Crippen LogP contribution in [0.3, 0.4) is 0 Å². The van der Waals surface area contributed by atoms with Crippen molar-refractivity contribution in [2.45, 2.75) is 6.92 Å². The van der Waals surface area contributed by atoms with Crippen LogP contribution in [-0.4, -0.2) is 14.1 Å². The molecule has 0 aliphatic carbocycles. The molecule has 6 heteroatoms.